The van der Waals surface area contributed by atoms with Crippen molar-refractivity contribution in [3.8, 4) is 17.0 Å². The number of hydrogen-bond donors (Lipinski definition) is 1. The molecule has 0 aliphatic heterocycles. The van der Waals surface area contributed by atoms with Gasteiger partial charge in [-0.15, -0.1) is 0 Å². The molecule has 0 fully saturated rings. The molecular weight excluding hydrogens is 507 g/mol. The molecule has 0 unspecified atom stereocenters. The number of phenolic OH excluding ortho intramolecular Hbond substituents is 1. The van der Waals surface area contributed by atoms with Crippen LogP contribution in [0.5, 0.6) is 5.75 Å². The first-order chi connectivity index (χ1) is 18.2. The number of carbonyl (C=O) groups excluding carboxylic acids is 1. The number of phenols is 1. The van der Waals surface area contributed by atoms with Gasteiger partial charge in [-0.05, 0) is 83.0 Å². The minimum atomic E-state index is -0.317. The summed E-state index contributed by atoms with van der Waals surface area (Å²) in [5.41, 5.74) is 5.65. The Kier molecular flexibility index (Phi) is 7.82. The largest absolute Gasteiger partial charge is 0.507 e. The maximum atomic E-state index is 13.8. The Morgan fingerprint density at radius 3 is 2.05 bits per heavy atom. The molecule has 4 rings (SSSR count). The summed E-state index contributed by atoms with van der Waals surface area (Å²) in [6, 6.07) is 14.5. The summed E-state index contributed by atoms with van der Waals surface area (Å²) in [5, 5.41) is 17.1. The highest BCUT2D eigenvalue weighted by molar-refractivity contribution is 7.99. The summed E-state index contributed by atoms with van der Waals surface area (Å²) in [6.45, 7) is 16.9. The van der Waals surface area contributed by atoms with Crippen LogP contribution in [0.1, 0.15) is 83.6 Å². The molecular formula is C33H37FN2O2S. The lowest BCUT2D eigenvalue weighted by atomic mass is 9.79. The predicted molar refractivity (Wildman–Crippen MR) is 159 cm³/mol. The summed E-state index contributed by atoms with van der Waals surface area (Å²) in [6.07, 6.45) is 4.02. The third-order valence-electron chi connectivity index (χ3n) is 6.80. The number of aromatic nitrogens is 2. The van der Waals surface area contributed by atoms with E-state index in [1.54, 1.807) is 30.0 Å². The van der Waals surface area contributed by atoms with Gasteiger partial charge in [0.05, 0.1) is 11.2 Å². The van der Waals surface area contributed by atoms with Crippen molar-refractivity contribution in [2.75, 3.05) is 0 Å². The summed E-state index contributed by atoms with van der Waals surface area (Å²) in [7, 11) is 0. The van der Waals surface area contributed by atoms with Crippen molar-refractivity contribution in [3.63, 3.8) is 0 Å². The van der Waals surface area contributed by atoms with Crippen LogP contribution in [0, 0.1) is 5.82 Å². The molecule has 0 saturated heterocycles. The maximum absolute atomic E-state index is 13.8. The van der Waals surface area contributed by atoms with Gasteiger partial charge in [0.25, 0.3) is 0 Å². The second kappa shape index (κ2) is 10.6. The number of benzene rings is 2. The molecule has 0 aliphatic carbocycles. The minimum Gasteiger partial charge on any atom is -0.507 e. The number of halogens is 1. The van der Waals surface area contributed by atoms with Crippen LogP contribution >= 0.6 is 11.8 Å². The SMILES string of the molecule is CC(C)c1c(C=CC=O)c(-c2ccc(F)cc2)nn2c(Sc3cc(C(C)(C)C)c(O)c(C(C)(C)C)c3)ccc12. The summed E-state index contributed by atoms with van der Waals surface area (Å²) >= 11 is 1.60. The van der Waals surface area contributed by atoms with Gasteiger partial charge in [0.2, 0.25) is 0 Å². The van der Waals surface area contributed by atoms with Crippen molar-refractivity contribution in [1.29, 1.82) is 0 Å². The summed E-state index contributed by atoms with van der Waals surface area (Å²) < 4.78 is 15.7. The highest BCUT2D eigenvalue weighted by Gasteiger charge is 2.27. The van der Waals surface area contributed by atoms with Crippen LogP contribution in [-0.2, 0) is 15.6 Å². The lowest BCUT2D eigenvalue weighted by molar-refractivity contribution is -0.104. The van der Waals surface area contributed by atoms with E-state index in [0.717, 1.165) is 49.5 Å². The molecule has 0 atom stereocenters. The molecule has 0 saturated carbocycles. The molecule has 2 heterocycles. The Bertz CT molecular complexity index is 1520. The molecule has 2 aromatic heterocycles. The third-order valence-corrected chi connectivity index (χ3v) is 7.79. The molecule has 6 heteroatoms. The fourth-order valence-corrected chi connectivity index (χ4v) is 5.83. The van der Waals surface area contributed by atoms with E-state index in [2.05, 4.69) is 79.7 Å². The van der Waals surface area contributed by atoms with Crippen molar-refractivity contribution in [2.45, 2.75) is 82.1 Å². The van der Waals surface area contributed by atoms with Crippen LogP contribution in [0.4, 0.5) is 4.39 Å². The van der Waals surface area contributed by atoms with Gasteiger partial charge in [-0.1, -0.05) is 67.2 Å². The first-order valence-corrected chi connectivity index (χ1v) is 14.0. The van der Waals surface area contributed by atoms with Gasteiger partial charge >= 0.3 is 0 Å². The first-order valence-electron chi connectivity index (χ1n) is 13.2. The van der Waals surface area contributed by atoms with Crippen molar-refractivity contribution >= 4 is 29.6 Å². The standard InChI is InChI=1S/C33H37FN2O2S/c1-20(2)29-24(10-9-17-37)30(21-11-13-22(34)14-12-21)35-36-27(29)15-16-28(36)39-23-18-25(32(3,4)5)31(38)26(19-23)33(6,7)8/h9-20,38H,1-8H3. The van der Waals surface area contributed by atoms with Gasteiger partial charge in [0, 0.05) is 27.1 Å². The molecule has 0 amide bonds. The zero-order valence-corrected chi connectivity index (χ0v) is 24.8. The van der Waals surface area contributed by atoms with E-state index < -0.39 is 0 Å². The van der Waals surface area contributed by atoms with Gasteiger partial charge in [-0.3, -0.25) is 4.79 Å². The molecule has 4 aromatic rings. The van der Waals surface area contributed by atoms with E-state index in [0.29, 0.717) is 11.4 Å². The van der Waals surface area contributed by atoms with Crippen molar-refractivity contribution in [1.82, 2.24) is 9.61 Å². The van der Waals surface area contributed by atoms with E-state index in [1.807, 2.05) is 4.52 Å². The molecule has 39 heavy (non-hydrogen) atoms. The molecule has 4 nitrogen and oxygen atoms in total. The Morgan fingerprint density at radius 2 is 1.54 bits per heavy atom. The highest BCUT2D eigenvalue weighted by atomic mass is 32.2. The number of nitrogens with zero attached hydrogens (tertiary/aromatic N) is 2. The maximum Gasteiger partial charge on any atom is 0.142 e. The molecule has 0 aliphatic rings. The van der Waals surface area contributed by atoms with Gasteiger partial charge in [0.1, 0.15) is 22.9 Å². The zero-order chi connectivity index (χ0) is 28.7. The zero-order valence-electron chi connectivity index (χ0n) is 24.0. The summed E-state index contributed by atoms with van der Waals surface area (Å²) in [5.74, 6) is 0.176. The fraction of sp³-hybridized carbons (Fsp3) is 0.333. The lowest BCUT2D eigenvalue weighted by Gasteiger charge is -2.28. The molecule has 0 bridgehead atoms. The van der Waals surface area contributed by atoms with E-state index in [9.17, 15) is 14.3 Å². The third kappa shape index (κ3) is 5.81. The number of rotatable bonds is 6. The van der Waals surface area contributed by atoms with Gasteiger partial charge in [-0.2, -0.15) is 5.10 Å². The van der Waals surface area contributed by atoms with E-state index in [4.69, 9.17) is 5.10 Å². The van der Waals surface area contributed by atoms with E-state index in [-0.39, 0.29) is 22.6 Å². The topological polar surface area (TPSA) is 54.6 Å². The lowest BCUT2D eigenvalue weighted by Crippen LogP contribution is -2.17. The van der Waals surface area contributed by atoms with Crippen LogP contribution in [0.25, 0.3) is 22.9 Å². The van der Waals surface area contributed by atoms with Crippen LogP contribution in [0.3, 0.4) is 0 Å². The van der Waals surface area contributed by atoms with Crippen LogP contribution in [0.15, 0.2) is 64.5 Å². The van der Waals surface area contributed by atoms with Crippen molar-refractivity contribution in [3.05, 3.63) is 82.7 Å². The number of fused-ring (bicyclic) bond motifs is 1. The van der Waals surface area contributed by atoms with Crippen LogP contribution < -0.4 is 0 Å². The molecule has 0 radical (unpaired) electrons. The van der Waals surface area contributed by atoms with E-state index in [1.165, 1.54) is 18.2 Å². The van der Waals surface area contributed by atoms with E-state index >= 15 is 0 Å². The first kappa shape index (κ1) is 28.6. The van der Waals surface area contributed by atoms with Crippen molar-refractivity contribution in [2.24, 2.45) is 0 Å². The normalized spacial score (nSPS) is 12.7. The second-order valence-electron chi connectivity index (χ2n) is 12.3. The molecule has 2 aromatic carbocycles. The average Bonchev–Trinajstić information content (AvgIpc) is 3.23. The monoisotopic (exact) mass is 544 g/mol. The Hall–Kier alpha value is -3.38. The van der Waals surface area contributed by atoms with Gasteiger partial charge in [-0.25, -0.2) is 8.91 Å². The smallest absolute Gasteiger partial charge is 0.142 e. The quantitative estimate of drug-likeness (QED) is 0.194. The average molecular weight is 545 g/mol. The van der Waals surface area contributed by atoms with Crippen molar-refractivity contribution < 1.29 is 14.3 Å². The highest BCUT2D eigenvalue weighted by Crippen LogP contribution is 2.44. The summed E-state index contributed by atoms with van der Waals surface area (Å²) in [4.78, 5) is 12.3. The minimum absolute atomic E-state index is 0.141. The number of carbonyl (C=O) groups is 1. The van der Waals surface area contributed by atoms with Crippen LogP contribution in [0.2, 0.25) is 0 Å². The Balaban J connectivity index is 1.97. The Labute approximate surface area is 235 Å². The molecule has 0 spiro atoms. The van der Waals surface area contributed by atoms with Gasteiger partial charge in [0.15, 0.2) is 0 Å². The van der Waals surface area contributed by atoms with Crippen LogP contribution in [-0.4, -0.2) is 21.0 Å². The molecule has 204 valence electrons. The fourth-order valence-electron chi connectivity index (χ4n) is 4.88. The number of hydrogen-bond acceptors (Lipinski definition) is 4. The number of aromatic hydroxyl groups is 1. The second-order valence-corrected chi connectivity index (χ2v) is 13.4. The molecule has 1 N–H and O–H groups in total. The predicted octanol–water partition coefficient (Wildman–Crippen LogP) is 8.93. The number of allylic oxidation sites excluding steroid dienone is 1. The Morgan fingerprint density at radius 1 is 0.949 bits per heavy atom. The van der Waals surface area contributed by atoms with Gasteiger partial charge < -0.3 is 5.11 Å². The number of aldehydes is 1.